The molecular weight excluding hydrogens is 250 g/mol. The van der Waals surface area contributed by atoms with E-state index in [1.165, 1.54) is 17.2 Å². The average Bonchev–Trinajstić information content (AvgIpc) is 2.92. The number of nitrogens with one attached hydrogen (secondary N) is 1. The highest BCUT2D eigenvalue weighted by atomic mass is 16.3. The van der Waals surface area contributed by atoms with Gasteiger partial charge in [0.25, 0.3) is 0 Å². The highest BCUT2D eigenvalue weighted by Crippen LogP contribution is 2.18. The minimum absolute atomic E-state index is 0.0244. The zero-order valence-electron chi connectivity index (χ0n) is 12.0. The molecule has 0 bridgehead atoms. The number of aryl methyl sites for hydroxylation is 2. The van der Waals surface area contributed by atoms with Crippen LogP contribution < -0.4 is 5.32 Å². The first-order chi connectivity index (χ1) is 9.56. The minimum Gasteiger partial charge on any atom is -0.465 e. The Labute approximate surface area is 119 Å². The Hall–Kier alpha value is -2.29. The maximum Gasteiger partial charge on any atom is 0.244 e. The molecule has 0 spiro atoms. The van der Waals surface area contributed by atoms with Crippen LogP contribution in [0.1, 0.15) is 35.4 Å². The lowest BCUT2D eigenvalue weighted by molar-refractivity contribution is -0.117. The van der Waals surface area contributed by atoms with E-state index in [1.54, 1.807) is 24.5 Å². The number of furan rings is 1. The molecule has 0 radical (unpaired) electrons. The van der Waals surface area contributed by atoms with Gasteiger partial charge in [-0.05, 0) is 50.1 Å². The number of amides is 1. The normalized spacial score (nSPS) is 12.6. The SMILES string of the molecule is Cc1ccc(C)c(C(C)NC(=O)/C=C/c2ccco2)c1. The molecule has 1 N–H and O–H groups in total. The highest BCUT2D eigenvalue weighted by molar-refractivity contribution is 5.91. The lowest BCUT2D eigenvalue weighted by Gasteiger charge is -2.16. The topological polar surface area (TPSA) is 42.2 Å². The molecule has 1 amide bonds. The number of carbonyl (C=O) groups is 1. The third kappa shape index (κ3) is 3.60. The second kappa shape index (κ2) is 6.24. The first-order valence-corrected chi connectivity index (χ1v) is 6.65. The molecule has 1 heterocycles. The van der Waals surface area contributed by atoms with Gasteiger partial charge in [-0.2, -0.15) is 0 Å². The van der Waals surface area contributed by atoms with E-state index >= 15 is 0 Å². The molecule has 0 aliphatic rings. The Morgan fingerprint density at radius 3 is 2.80 bits per heavy atom. The van der Waals surface area contributed by atoms with Gasteiger partial charge < -0.3 is 9.73 Å². The van der Waals surface area contributed by atoms with Crippen molar-refractivity contribution in [3.63, 3.8) is 0 Å². The van der Waals surface area contributed by atoms with Gasteiger partial charge in [0.1, 0.15) is 5.76 Å². The molecule has 3 nitrogen and oxygen atoms in total. The summed E-state index contributed by atoms with van der Waals surface area (Å²) < 4.78 is 5.14. The third-order valence-electron chi connectivity index (χ3n) is 3.20. The van der Waals surface area contributed by atoms with Gasteiger partial charge in [0.05, 0.1) is 12.3 Å². The van der Waals surface area contributed by atoms with Gasteiger partial charge in [0.15, 0.2) is 0 Å². The predicted octanol–water partition coefficient (Wildman–Crippen LogP) is 3.79. The summed E-state index contributed by atoms with van der Waals surface area (Å²) >= 11 is 0. The fourth-order valence-electron chi connectivity index (χ4n) is 2.11. The highest BCUT2D eigenvalue weighted by Gasteiger charge is 2.10. The fourth-order valence-corrected chi connectivity index (χ4v) is 2.11. The molecule has 20 heavy (non-hydrogen) atoms. The molecule has 1 aromatic heterocycles. The molecule has 2 aromatic rings. The van der Waals surface area contributed by atoms with E-state index in [4.69, 9.17) is 4.42 Å². The van der Waals surface area contributed by atoms with Crippen LogP contribution in [0.25, 0.3) is 6.08 Å². The van der Waals surface area contributed by atoms with Crippen molar-refractivity contribution in [1.29, 1.82) is 0 Å². The van der Waals surface area contributed by atoms with Crippen LogP contribution in [0, 0.1) is 13.8 Å². The first kappa shape index (κ1) is 14.1. The number of benzene rings is 1. The lowest BCUT2D eigenvalue weighted by atomic mass is 10.00. The standard InChI is InChI=1S/C17H19NO2/c1-12-6-7-13(2)16(11-12)14(3)18-17(19)9-8-15-5-4-10-20-15/h4-11,14H,1-3H3,(H,18,19)/b9-8+. The third-order valence-corrected chi connectivity index (χ3v) is 3.20. The van der Waals surface area contributed by atoms with Gasteiger partial charge in [-0.25, -0.2) is 0 Å². The lowest BCUT2D eigenvalue weighted by Crippen LogP contribution is -2.25. The van der Waals surface area contributed by atoms with Crippen molar-refractivity contribution < 1.29 is 9.21 Å². The Bertz CT molecular complexity index is 612. The van der Waals surface area contributed by atoms with E-state index in [1.807, 2.05) is 13.8 Å². The van der Waals surface area contributed by atoms with E-state index < -0.39 is 0 Å². The molecule has 0 fully saturated rings. The van der Waals surface area contributed by atoms with Crippen LogP contribution >= 0.6 is 0 Å². The van der Waals surface area contributed by atoms with E-state index in [2.05, 4.69) is 30.4 Å². The number of hydrogen-bond donors (Lipinski definition) is 1. The van der Waals surface area contributed by atoms with E-state index in [9.17, 15) is 4.79 Å². The maximum absolute atomic E-state index is 11.9. The molecular formula is C17H19NO2. The molecule has 0 saturated carbocycles. The van der Waals surface area contributed by atoms with Crippen LogP contribution in [0.2, 0.25) is 0 Å². The minimum atomic E-state index is -0.130. The Kier molecular flexibility index (Phi) is 4.41. The van der Waals surface area contributed by atoms with Crippen LogP contribution in [0.15, 0.2) is 47.1 Å². The summed E-state index contributed by atoms with van der Waals surface area (Å²) in [6.45, 7) is 6.09. The van der Waals surface area contributed by atoms with Crippen LogP contribution in [0.4, 0.5) is 0 Å². The summed E-state index contributed by atoms with van der Waals surface area (Å²) in [5.41, 5.74) is 3.51. The van der Waals surface area contributed by atoms with Crippen molar-refractivity contribution in [1.82, 2.24) is 5.32 Å². The second-order valence-corrected chi connectivity index (χ2v) is 4.94. The van der Waals surface area contributed by atoms with Gasteiger partial charge in [-0.15, -0.1) is 0 Å². The van der Waals surface area contributed by atoms with Crippen LogP contribution in [0.3, 0.4) is 0 Å². The molecule has 3 heteroatoms. The van der Waals surface area contributed by atoms with Crippen molar-refractivity contribution in [2.45, 2.75) is 26.8 Å². The summed E-state index contributed by atoms with van der Waals surface area (Å²) in [5.74, 6) is 0.536. The molecule has 1 atom stereocenters. The van der Waals surface area contributed by atoms with Crippen LogP contribution in [0.5, 0.6) is 0 Å². The summed E-state index contributed by atoms with van der Waals surface area (Å²) in [4.78, 5) is 11.9. The van der Waals surface area contributed by atoms with Crippen molar-refractivity contribution >= 4 is 12.0 Å². The molecule has 0 aliphatic carbocycles. The monoisotopic (exact) mass is 269 g/mol. The molecule has 104 valence electrons. The number of carbonyl (C=O) groups excluding carboxylic acids is 1. The van der Waals surface area contributed by atoms with E-state index in [-0.39, 0.29) is 11.9 Å². The van der Waals surface area contributed by atoms with E-state index in [0.717, 1.165) is 5.56 Å². The average molecular weight is 269 g/mol. The summed E-state index contributed by atoms with van der Waals surface area (Å²) in [7, 11) is 0. The Morgan fingerprint density at radius 2 is 2.10 bits per heavy atom. The van der Waals surface area contributed by atoms with Crippen molar-refractivity contribution in [2.75, 3.05) is 0 Å². The van der Waals surface area contributed by atoms with E-state index in [0.29, 0.717) is 5.76 Å². The zero-order valence-corrected chi connectivity index (χ0v) is 12.0. The smallest absolute Gasteiger partial charge is 0.244 e. The molecule has 1 unspecified atom stereocenters. The van der Waals surface area contributed by atoms with Crippen LogP contribution in [-0.2, 0) is 4.79 Å². The van der Waals surface area contributed by atoms with Gasteiger partial charge in [0, 0.05) is 6.08 Å². The van der Waals surface area contributed by atoms with Crippen molar-refractivity contribution in [3.05, 3.63) is 65.1 Å². The van der Waals surface area contributed by atoms with Crippen molar-refractivity contribution in [3.8, 4) is 0 Å². The quantitative estimate of drug-likeness (QED) is 0.858. The predicted molar refractivity (Wildman–Crippen MR) is 80.2 cm³/mol. The molecule has 2 rings (SSSR count). The van der Waals surface area contributed by atoms with Gasteiger partial charge in [-0.3, -0.25) is 4.79 Å². The summed E-state index contributed by atoms with van der Waals surface area (Å²) in [5, 5.41) is 2.96. The zero-order chi connectivity index (χ0) is 14.5. The van der Waals surface area contributed by atoms with Gasteiger partial charge in [-0.1, -0.05) is 23.8 Å². The van der Waals surface area contributed by atoms with Crippen molar-refractivity contribution in [2.24, 2.45) is 0 Å². The molecule has 0 saturated heterocycles. The van der Waals surface area contributed by atoms with Gasteiger partial charge >= 0.3 is 0 Å². The Morgan fingerprint density at radius 1 is 1.30 bits per heavy atom. The fraction of sp³-hybridized carbons (Fsp3) is 0.235. The largest absolute Gasteiger partial charge is 0.465 e. The molecule has 1 aromatic carbocycles. The molecule has 0 aliphatic heterocycles. The Balaban J connectivity index is 2.02. The maximum atomic E-state index is 11.9. The first-order valence-electron chi connectivity index (χ1n) is 6.65. The number of hydrogen-bond acceptors (Lipinski definition) is 2. The second-order valence-electron chi connectivity index (χ2n) is 4.94. The van der Waals surface area contributed by atoms with Gasteiger partial charge in [0.2, 0.25) is 5.91 Å². The van der Waals surface area contributed by atoms with Crippen LogP contribution in [-0.4, -0.2) is 5.91 Å². The number of rotatable bonds is 4. The summed E-state index contributed by atoms with van der Waals surface area (Å²) in [6.07, 6.45) is 4.72. The summed E-state index contributed by atoms with van der Waals surface area (Å²) in [6, 6.07) is 9.82.